The molecule has 2 rings (SSSR count). The third-order valence-corrected chi connectivity index (χ3v) is 2.81. The first kappa shape index (κ1) is 11.1. The third kappa shape index (κ3) is 2.81. The van der Waals surface area contributed by atoms with Crippen LogP contribution in [0.25, 0.3) is 0 Å². The number of hydrogen-bond acceptors (Lipinski definition) is 3. The highest BCUT2D eigenvalue weighted by Crippen LogP contribution is 2.32. The second kappa shape index (κ2) is 5.10. The second-order valence-corrected chi connectivity index (χ2v) is 4.39. The Hall–Kier alpha value is -1.38. The highest BCUT2D eigenvalue weighted by Gasteiger charge is 2.21. The number of para-hydroxylation sites is 1. The first-order valence-corrected chi connectivity index (χ1v) is 6.06. The Labute approximate surface area is 97.0 Å². The van der Waals surface area contributed by atoms with Crippen LogP contribution in [0.1, 0.15) is 26.2 Å². The van der Waals surface area contributed by atoms with Crippen molar-refractivity contribution >= 4 is 11.4 Å². The van der Waals surface area contributed by atoms with Crippen molar-refractivity contribution in [2.75, 3.05) is 24.2 Å². The summed E-state index contributed by atoms with van der Waals surface area (Å²) in [5.41, 5.74) is 7.78. The molecule has 88 valence electrons. The van der Waals surface area contributed by atoms with E-state index in [9.17, 15) is 0 Å². The molecule has 1 fully saturated rings. The monoisotopic (exact) mass is 220 g/mol. The van der Waals surface area contributed by atoms with Gasteiger partial charge in [-0.05, 0) is 37.3 Å². The highest BCUT2D eigenvalue weighted by atomic mass is 16.5. The van der Waals surface area contributed by atoms with E-state index >= 15 is 0 Å². The van der Waals surface area contributed by atoms with Crippen molar-refractivity contribution < 1.29 is 4.74 Å². The lowest BCUT2D eigenvalue weighted by Gasteiger charge is -2.13. The molecule has 3 N–H and O–H groups in total. The van der Waals surface area contributed by atoms with E-state index in [0.717, 1.165) is 42.6 Å². The Morgan fingerprint density at radius 1 is 1.44 bits per heavy atom. The van der Waals surface area contributed by atoms with Crippen molar-refractivity contribution in [3.05, 3.63) is 18.2 Å². The second-order valence-electron chi connectivity index (χ2n) is 4.39. The van der Waals surface area contributed by atoms with Gasteiger partial charge in [0, 0.05) is 6.54 Å². The van der Waals surface area contributed by atoms with Crippen LogP contribution in [0, 0.1) is 5.92 Å². The molecule has 1 aliphatic carbocycles. The maximum atomic E-state index is 6.04. The maximum absolute atomic E-state index is 6.04. The van der Waals surface area contributed by atoms with Gasteiger partial charge in [-0.3, -0.25) is 0 Å². The molecule has 0 amide bonds. The number of hydrogen-bond donors (Lipinski definition) is 2. The van der Waals surface area contributed by atoms with Crippen LogP contribution < -0.4 is 15.8 Å². The lowest BCUT2D eigenvalue weighted by atomic mass is 10.2. The molecule has 3 nitrogen and oxygen atoms in total. The zero-order valence-corrected chi connectivity index (χ0v) is 9.83. The minimum atomic E-state index is 0.719. The van der Waals surface area contributed by atoms with Crippen LogP contribution in [-0.4, -0.2) is 13.2 Å². The fraction of sp³-hybridized carbons (Fsp3) is 0.538. The molecule has 0 radical (unpaired) electrons. The van der Waals surface area contributed by atoms with Crippen LogP contribution in [0.4, 0.5) is 11.4 Å². The van der Waals surface area contributed by atoms with Crippen LogP contribution in [0.5, 0.6) is 5.75 Å². The summed E-state index contributed by atoms with van der Waals surface area (Å²) >= 11 is 0. The largest absolute Gasteiger partial charge is 0.491 e. The normalized spacial score (nSPS) is 14.8. The van der Waals surface area contributed by atoms with E-state index in [4.69, 9.17) is 10.5 Å². The molecule has 3 heteroatoms. The molecule has 1 aliphatic rings. The minimum Gasteiger partial charge on any atom is -0.491 e. The van der Waals surface area contributed by atoms with E-state index in [1.807, 2.05) is 18.2 Å². The number of anilines is 2. The molecule has 0 bridgehead atoms. The van der Waals surface area contributed by atoms with Gasteiger partial charge in [-0.25, -0.2) is 0 Å². The van der Waals surface area contributed by atoms with Crippen molar-refractivity contribution in [3.63, 3.8) is 0 Å². The molecule has 1 saturated carbocycles. The SMILES string of the molecule is CCCOc1cccc(NCC2CC2)c1N. The smallest absolute Gasteiger partial charge is 0.144 e. The number of nitrogens with one attached hydrogen (secondary N) is 1. The highest BCUT2D eigenvalue weighted by molar-refractivity contribution is 5.72. The Morgan fingerprint density at radius 2 is 2.25 bits per heavy atom. The van der Waals surface area contributed by atoms with E-state index in [-0.39, 0.29) is 0 Å². The van der Waals surface area contributed by atoms with Gasteiger partial charge in [0.25, 0.3) is 0 Å². The third-order valence-electron chi connectivity index (χ3n) is 2.81. The zero-order chi connectivity index (χ0) is 11.4. The Kier molecular flexibility index (Phi) is 3.54. The molecule has 0 heterocycles. The minimum absolute atomic E-state index is 0.719. The van der Waals surface area contributed by atoms with Crippen molar-refractivity contribution in [1.82, 2.24) is 0 Å². The van der Waals surface area contributed by atoms with E-state index in [1.165, 1.54) is 12.8 Å². The van der Waals surface area contributed by atoms with E-state index in [1.54, 1.807) is 0 Å². The molecule has 0 atom stereocenters. The van der Waals surface area contributed by atoms with E-state index < -0.39 is 0 Å². The standard InChI is InChI=1S/C13H20N2O/c1-2-8-16-12-5-3-4-11(13(12)14)15-9-10-6-7-10/h3-5,10,15H,2,6-9,14H2,1H3. The lowest BCUT2D eigenvalue weighted by Crippen LogP contribution is -2.07. The van der Waals surface area contributed by atoms with Crippen LogP contribution >= 0.6 is 0 Å². The quantitative estimate of drug-likeness (QED) is 0.725. The maximum Gasteiger partial charge on any atom is 0.144 e. The van der Waals surface area contributed by atoms with Crippen LogP contribution in [-0.2, 0) is 0 Å². The summed E-state index contributed by atoms with van der Waals surface area (Å²) in [6, 6.07) is 5.92. The van der Waals surface area contributed by atoms with Crippen molar-refractivity contribution in [2.45, 2.75) is 26.2 Å². The number of benzene rings is 1. The molecule has 0 saturated heterocycles. The predicted molar refractivity (Wildman–Crippen MR) is 67.9 cm³/mol. The molecule has 16 heavy (non-hydrogen) atoms. The summed E-state index contributed by atoms with van der Waals surface area (Å²) < 4.78 is 5.58. The molecule has 1 aromatic rings. The van der Waals surface area contributed by atoms with Gasteiger partial charge in [0.15, 0.2) is 0 Å². The summed E-state index contributed by atoms with van der Waals surface area (Å²) in [7, 11) is 0. The number of nitrogens with two attached hydrogens (primary N) is 1. The number of nitrogen functional groups attached to an aromatic ring is 1. The van der Waals surface area contributed by atoms with Gasteiger partial charge < -0.3 is 15.8 Å². The van der Waals surface area contributed by atoms with Crippen LogP contribution in [0.15, 0.2) is 18.2 Å². The summed E-state index contributed by atoms with van der Waals surface area (Å²) in [6.45, 7) is 3.84. The van der Waals surface area contributed by atoms with Crippen LogP contribution in [0.2, 0.25) is 0 Å². The average Bonchev–Trinajstić information content (AvgIpc) is 3.10. The Morgan fingerprint density at radius 3 is 2.94 bits per heavy atom. The summed E-state index contributed by atoms with van der Waals surface area (Å²) in [6.07, 6.45) is 3.69. The van der Waals surface area contributed by atoms with Gasteiger partial charge in [0.2, 0.25) is 0 Å². The van der Waals surface area contributed by atoms with Gasteiger partial charge in [-0.15, -0.1) is 0 Å². The van der Waals surface area contributed by atoms with Crippen molar-refractivity contribution in [3.8, 4) is 5.75 Å². The van der Waals surface area contributed by atoms with Gasteiger partial charge in [-0.2, -0.15) is 0 Å². The van der Waals surface area contributed by atoms with Gasteiger partial charge in [-0.1, -0.05) is 13.0 Å². The topological polar surface area (TPSA) is 47.3 Å². The molecule has 0 spiro atoms. The van der Waals surface area contributed by atoms with Crippen molar-refractivity contribution in [1.29, 1.82) is 0 Å². The molecule has 0 unspecified atom stereocenters. The van der Waals surface area contributed by atoms with Gasteiger partial charge in [0.05, 0.1) is 18.0 Å². The summed E-state index contributed by atoms with van der Waals surface area (Å²) in [4.78, 5) is 0. The number of rotatable bonds is 6. The summed E-state index contributed by atoms with van der Waals surface area (Å²) in [5, 5.41) is 3.39. The molecule has 0 aromatic heterocycles. The van der Waals surface area contributed by atoms with E-state index in [0.29, 0.717) is 0 Å². The molecule has 1 aromatic carbocycles. The zero-order valence-electron chi connectivity index (χ0n) is 9.83. The first-order valence-electron chi connectivity index (χ1n) is 6.06. The van der Waals surface area contributed by atoms with Gasteiger partial charge in [0.1, 0.15) is 5.75 Å². The van der Waals surface area contributed by atoms with E-state index in [2.05, 4.69) is 12.2 Å². The number of ether oxygens (including phenoxy) is 1. The van der Waals surface area contributed by atoms with Crippen molar-refractivity contribution in [2.24, 2.45) is 5.92 Å². The Balaban J connectivity index is 1.99. The molecule has 0 aliphatic heterocycles. The fourth-order valence-corrected chi connectivity index (χ4v) is 1.61. The van der Waals surface area contributed by atoms with Gasteiger partial charge >= 0.3 is 0 Å². The van der Waals surface area contributed by atoms with Crippen LogP contribution in [0.3, 0.4) is 0 Å². The Bertz CT molecular complexity index is 348. The first-order chi connectivity index (χ1) is 7.81. The predicted octanol–water partition coefficient (Wildman–Crippen LogP) is 2.88. The summed E-state index contributed by atoms with van der Waals surface area (Å²) in [5.74, 6) is 1.64. The molecular formula is C13H20N2O. The molecular weight excluding hydrogens is 200 g/mol. The average molecular weight is 220 g/mol. The lowest BCUT2D eigenvalue weighted by molar-refractivity contribution is 0.319. The fourth-order valence-electron chi connectivity index (χ4n) is 1.61.